The van der Waals surface area contributed by atoms with Gasteiger partial charge >= 0.3 is 0 Å². The summed E-state index contributed by atoms with van der Waals surface area (Å²) in [5, 5.41) is -0.840. The zero-order valence-electron chi connectivity index (χ0n) is 9.39. The molecule has 0 saturated heterocycles. The SMILES string of the molecule is CC(C)CC(Cl)C(=O)C(Cl)CC(C)C. The third-order valence-electron chi connectivity index (χ3n) is 1.97. The minimum atomic E-state index is -0.420. The maximum Gasteiger partial charge on any atom is 0.168 e. The van der Waals surface area contributed by atoms with E-state index in [2.05, 4.69) is 0 Å². The van der Waals surface area contributed by atoms with Gasteiger partial charge in [-0.3, -0.25) is 4.79 Å². The van der Waals surface area contributed by atoms with Gasteiger partial charge in [0.1, 0.15) is 0 Å². The summed E-state index contributed by atoms with van der Waals surface area (Å²) >= 11 is 11.9. The van der Waals surface area contributed by atoms with Gasteiger partial charge in [0.15, 0.2) is 5.78 Å². The maximum absolute atomic E-state index is 11.7. The number of alkyl halides is 2. The van der Waals surface area contributed by atoms with Crippen LogP contribution in [-0.2, 0) is 4.79 Å². The molecule has 0 aromatic heterocycles. The first-order valence-corrected chi connectivity index (χ1v) is 6.03. The molecule has 0 spiro atoms. The van der Waals surface area contributed by atoms with Crippen LogP contribution < -0.4 is 0 Å². The second-order valence-electron chi connectivity index (χ2n) is 4.60. The Hall–Kier alpha value is 0.250. The van der Waals surface area contributed by atoms with Gasteiger partial charge in [-0.05, 0) is 24.7 Å². The van der Waals surface area contributed by atoms with E-state index in [9.17, 15) is 4.79 Å². The molecule has 0 amide bonds. The monoisotopic (exact) mass is 238 g/mol. The molecule has 0 aliphatic carbocycles. The van der Waals surface area contributed by atoms with Crippen LogP contribution in [0.5, 0.6) is 0 Å². The number of carbonyl (C=O) groups is 1. The van der Waals surface area contributed by atoms with Crippen molar-refractivity contribution >= 4 is 29.0 Å². The number of hydrogen-bond acceptors (Lipinski definition) is 1. The normalized spacial score (nSPS) is 16.0. The van der Waals surface area contributed by atoms with E-state index < -0.39 is 10.8 Å². The molecule has 0 aliphatic rings. The number of Topliss-reactive ketones (excluding diaryl/α,β-unsaturated/α-hetero) is 1. The fourth-order valence-corrected chi connectivity index (χ4v) is 2.34. The van der Waals surface area contributed by atoms with Crippen molar-refractivity contribution in [2.24, 2.45) is 11.8 Å². The lowest BCUT2D eigenvalue weighted by Crippen LogP contribution is -2.27. The van der Waals surface area contributed by atoms with E-state index in [0.29, 0.717) is 24.7 Å². The van der Waals surface area contributed by atoms with Gasteiger partial charge in [-0.15, -0.1) is 23.2 Å². The largest absolute Gasteiger partial charge is 0.296 e. The third kappa shape index (κ3) is 5.87. The van der Waals surface area contributed by atoms with Crippen LogP contribution in [0.25, 0.3) is 0 Å². The first-order valence-electron chi connectivity index (χ1n) is 5.16. The van der Waals surface area contributed by atoms with Crippen molar-refractivity contribution in [3.8, 4) is 0 Å². The number of rotatable bonds is 6. The molecule has 2 unspecified atom stereocenters. The van der Waals surface area contributed by atoms with Crippen LogP contribution in [0.3, 0.4) is 0 Å². The van der Waals surface area contributed by atoms with Gasteiger partial charge in [0.2, 0.25) is 0 Å². The quantitative estimate of drug-likeness (QED) is 0.643. The second-order valence-corrected chi connectivity index (χ2v) is 5.65. The molecule has 0 rings (SSSR count). The van der Waals surface area contributed by atoms with E-state index in [1.165, 1.54) is 0 Å². The van der Waals surface area contributed by atoms with Crippen LogP contribution in [0, 0.1) is 11.8 Å². The Morgan fingerprint density at radius 1 is 0.929 bits per heavy atom. The molecule has 0 radical (unpaired) electrons. The van der Waals surface area contributed by atoms with Gasteiger partial charge in [0, 0.05) is 0 Å². The number of ketones is 1. The van der Waals surface area contributed by atoms with Gasteiger partial charge < -0.3 is 0 Å². The molecule has 14 heavy (non-hydrogen) atoms. The highest BCUT2D eigenvalue weighted by molar-refractivity contribution is 6.40. The molecule has 84 valence electrons. The lowest BCUT2D eigenvalue weighted by Gasteiger charge is -2.16. The zero-order valence-corrected chi connectivity index (χ0v) is 10.9. The summed E-state index contributed by atoms with van der Waals surface area (Å²) in [6.07, 6.45) is 1.42. The van der Waals surface area contributed by atoms with Gasteiger partial charge in [-0.25, -0.2) is 0 Å². The van der Waals surface area contributed by atoms with Crippen LogP contribution in [0.2, 0.25) is 0 Å². The lowest BCUT2D eigenvalue weighted by molar-refractivity contribution is -0.118. The van der Waals surface area contributed by atoms with Crippen LogP contribution in [0.4, 0.5) is 0 Å². The Balaban J connectivity index is 4.04. The van der Waals surface area contributed by atoms with Crippen molar-refractivity contribution in [2.45, 2.75) is 51.3 Å². The molecule has 0 aromatic carbocycles. The Morgan fingerprint density at radius 2 is 1.21 bits per heavy atom. The first kappa shape index (κ1) is 14.2. The van der Waals surface area contributed by atoms with Crippen LogP contribution in [0.15, 0.2) is 0 Å². The standard InChI is InChI=1S/C11H20Cl2O/c1-7(2)5-9(12)11(14)10(13)6-8(3)4/h7-10H,5-6H2,1-4H3. The maximum atomic E-state index is 11.7. The molecule has 3 heteroatoms. The van der Waals surface area contributed by atoms with E-state index in [1.807, 2.05) is 27.7 Å². The highest BCUT2D eigenvalue weighted by atomic mass is 35.5. The number of hydrogen-bond donors (Lipinski definition) is 0. The fourth-order valence-electron chi connectivity index (χ4n) is 1.26. The molecule has 1 nitrogen and oxygen atoms in total. The Kier molecular flexibility index (Phi) is 6.80. The zero-order chi connectivity index (χ0) is 11.3. The number of halogens is 2. The second kappa shape index (κ2) is 6.68. The summed E-state index contributed by atoms with van der Waals surface area (Å²) in [7, 11) is 0. The van der Waals surface area contributed by atoms with E-state index in [0.717, 1.165) is 0 Å². The summed E-state index contributed by atoms with van der Waals surface area (Å²) in [4.78, 5) is 11.7. The Labute approximate surface area is 97.2 Å². The minimum Gasteiger partial charge on any atom is -0.296 e. The molecule has 0 fully saturated rings. The highest BCUT2D eigenvalue weighted by Gasteiger charge is 2.24. The molecule has 0 saturated carbocycles. The predicted molar refractivity (Wildman–Crippen MR) is 63.2 cm³/mol. The summed E-state index contributed by atoms with van der Waals surface area (Å²) < 4.78 is 0. The Morgan fingerprint density at radius 3 is 1.43 bits per heavy atom. The fraction of sp³-hybridized carbons (Fsp3) is 0.909. The van der Waals surface area contributed by atoms with Crippen LogP contribution >= 0.6 is 23.2 Å². The van der Waals surface area contributed by atoms with Gasteiger partial charge in [0.05, 0.1) is 10.8 Å². The summed E-state index contributed by atoms with van der Waals surface area (Å²) in [6, 6.07) is 0. The molecule has 0 N–H and O–H groups in total. The molecule has 2 atom stereocenters. The average Bonchev–Trinajstić information content (AvgIpc) is 2.00. The van der Waals surface area contributed by atoms with E-state index in [1.54, 1.807) is 0 Å². The minimum absolute atomic E-state index is 0.0178. The van der Waals surface area contributed by atoms with Crippen molar-refractivity contribution in [3.05, 3.63) is 0 Å². The van der Waals surface area contributed by atoms with Crippen molar-refractivity contribution in [1.82, 2.24) is 0 Å². The first-order chi connectivity index (χ1) is 6.34. The number of carbonyl (C=O) groups excluding carboxylic acids is 1. The van der Waals surface area contributed by atoms with E-state index in [-0.39, 0.29) is 5.78 Å². The predicted octanol–water partition coefficient (Wildman–Crippen LogP) is 3.86. The summed E-state index contributed by atoms with van der Waals surface area (Å²) in [6.45, 7) is 8.20. The van der Waals surface area contributed by atoms with Gasteiger partial charge in [-0.2, -0.15) is 0 Å². The molecular weight excluding hydrogens is 219 g/mol. The van der Waals surface area contributed by atoms with Crippen LogP contribution in [-0.4, -0.2) is 16.5 Å². The summed E-state index contributed by atoms with van der Waals surface area (Å²) in [5.41, 5.74) is 0. The van der Waals surface area contributed by atoms with E-state index in [4.69, 9.17) is 23.2 Å². The molecule has 0 aliphatic heterocycles. The van der Waals surface area contributed by atoms with Gasteiger partial charge in [0.25, 0.3) is 0 Å². The molecular formula is C11H20Cl2O. The molecule has 0 heterocycles. The smallest absolute Gasteiger partial charge is 0.168 e. The summed E-state index contributed by atoms with van der Waals surface area (Å²) in [5.74, 6) is 0.851. The van der Waals surface area contributed by atoms with Crippen molar-refractivity contribution in [2.75, 3.05) is 0 Å². The van der Waals surface area contributed by atoms with Crippen LogP contribution in [0.1, 0.15) is 40.5 Å². The third-order valence-corrected chi connectivity index (χ3v) is 2.76. The topological polar surface area (TPSA) is 17.1 Å². The lowest BCUT2D eigenvalue weighted by atomic mass is 9.99. The molecule has 0 bridgehead atoms. The van der Waals surface area contributed by atoms with Crippen molar-refractivity contribution in [1.29, 1.82) is 0 Å². The van der Waals surface area contributed by atoms with Gasteiger partial charge in [-0.1, -0.05) is 27.7 Å². The highest BCUT2D eigenvalue weighted by Crippen LogP contribution is 2.19. The van der Waals surface area contributed by atoms with E-state index >= 15 is 0 Å². The van der Waals surface area contributed by atoms with Crippen molar-refractivity contribution < 1.29 is 4.79 Å². The average molecular weight is 239 g/mol. The van der Waals surface area contributed by atoms with Crippen molar-refractivity contribution in [3.63, 3.8) is 0 Å². The Bertz CT molecular complexity index is 160. The molecule has 0 aromatic rings.